The van der Waals surface area contributed by atoms with Crippen LogP contribution in [0.5, 0.6) is 0 Å². The Morgan fingerprint density at radius 3 is 2.36 bits per heavy atom. The number of hydrogen-bond acceptors (Lipinski definition) is 4. The van der Waals surface area contributed by atoms with Crippen molar-refractivity contribution in [1.29, 1.82) is 5.41 Å². The van der Waals surface area contributed by atoms with Crippen molar-refractivity contribution in [2.24, 2.45) is 0 Å². The molecule has 5 nitrogen and oxygen atoms in total. The minimum Gasteiger partial charge on any atom is -0.444 e. The van der Waals surface area contributed by atoms with Gasteiger partial charge in [-0.25, -0.2) is 4.79 Å². The number of carbonyl (C=O) groups is 1. The number of nitrogens with one attached hydrogen (secondary N) is 3. The summed E-state index contributed by atoms with van der Waals surface area (Å²) < 4.78 is 5.08. The number of amides is 1. The molecule has 0 fully saturated rings. The molecule has 0 aromatic heterocycles. The first kappa shape index (κ1) is 15.7. The Kier molecular flexibility index (Phi) is 5.68. The molecule has 0 aliphatic heterocycles. The Balaban J connectivity index is 1.84. The van der Waals surface area contributed by atoms with E-state index in [-0.39, 0.29) is 12.4 Å². The van der Waals surface area contributed by atoms with Gasteiger partial charge in [0.05, 0.1) is 0 Å². The van der Waals surface area contributed by atoms with E-state index < -0.39 is 6.09 Å². The summed E-state index contributed by atoms with van der Waals surface area (Å²) in [7, 11) is 1.88. The molecule has 0 unspecified atom stereocenters. The lowest BCUT2D eigenvalue weighted by Crippen LogP contribution is -2.31. The first-order chi connectivity index (χ1) is 10.7. The molecule has 2 aromatic carbocycles. The zero-order valence-corrected chi connectivity index (χ0v) is 12.4. The summed E-state index contributed by atoms with van der Waals surface area (Å²) in [5, 5.41) is 13.4. The molecule has 0 saturated carbocycles. The second-order valence-corrected chi connectivity index (χ2v) is 4.79. The summed E-state index contributed by atoms with van der Waals surface area (Å²) in [5.74, 6) is 0.0223. The van der Waals surface area contributed by atoms with Crippen LogP contribution >= 0.6 is 0 Å². The van der Waals surface area contributed by atoms with Crippen LogP contribution in [-0.2, 0) is 17.9 Å². The summed E-state index contributed by atoms with van der Waals surface area (Å²) in [6.45, 7) is 0.946. The lowest BCUT2D eigenvalue weighted by molar-refractivity contribution is 0.145. The Bertz CT molecular complexity index is 624. The van der Waals surface area contributed by atoms with Gasteiger partial charge in [-0.05, 0) is 18.2 Å². The molecule has 0 aliphatic carbocycles. The van der Waals surface area contributed by atoms with Crippen molar-refractivity contribution in [3.8, 4) is 0 Å². The smallest absolute Gasteiger partial charge is 0.413 e. The third kappa shape index (κ3) is 4.71. The first-order valence-electron chi connectivity index (χ1n) is 6.99. The van der Waals surface area contributed by atoms with Crippen molar-refractivity contribution < 1.29 is 9.53 Å². The molecule has 5 heteroatoms. The van der Waals surface area contributed by atoms with Crippen LogP contribution in [0.3, 0.4) is 0 Å². The van der Waals surface area contributed by atoms with Gasteiger partial charge in [0.1, 0.15) is 12.4 Å². The van der Waals surface area contributed by atoms with Crippen LogP contribution in [-0.4, -0.2) is 19.0 Å². The van der Waals surface area contributed by atoms with Crippen LogP contribution in [0.4, 0.5) is 4.79 Å². The van der Waals surface area contributed by atoms with E-state index in [0.29, 0.717) is 5.56 Å². The molecule has 0 radical (unpaired) electrons. The van der Waals surface area contributed by atoms with Crippen molar-refractivity contribution in [1.82, 2.24) is 10.6 Å². The fourth-order valence-electron chi connectivity index (χ4n) is 1.93. The Hall–Kier alpha value is -2.66. The SMILES string of the molecule is CNCc1ccc(C(=N)NC(=O)OCc2ccccc2)cc1. The van der Waals surface area contributed by atoms with Crippen LogP contribution in [0.1, 0.15) is 16.7 Å². The van der Waals surface area contributed by atoms with E-state index >= 15 is 0 Å². The van der Waals surface area contributed by atoms with Gasteiger partial charge in [-0.1, -0.05) is 54.6 Å². The maximum absolute atomic E-state index is 11.7. The maximum atomic E-state index is 11.7. The number of carbonyl (C=O) groups excluding carboxylic acids is 1. The van der Waals surface area contributed by atoms with Gasteiger partial charge in [-0.3, -0.25) is 10.7 Å². The van der Waals surface area contributed by atoms with Crippen molar-refractivity contribution in [2.75, 3.05) is 7.05 Å². The number of ether oxygens (including phenoxy) is 1. The molecule has 114 valence electrons. The van der Waals surface area contributed by atoms with Gasteiger partial charge in [0.25, 0.3) is 0 Å². The highest BCUT2D eigenvalue weighted by Crippen LogP contribution is 2.05. The highest BCUT2D eigenvalue weighted by atomic mass is 16.5. The largest absolute Gasteiger partial charge is 0.444 e. The maximum Gasteiger partial charge on any atom is 0.413 e. The lowest BCUT2D eigenvalue weighted by atomic mass is 10.1. The van der Waals surface area contributed by atoms with Crippen LogP contribution < -0.4 is 10.6 Å². The molecule has 1 amide bonds. The van der Waals surface area contributed by atoms with Gasteiger partial charge >= 0.3 is 6.09 Å². The van der Waals surface area contributed by atoms with Crippen molar-refractivity contribution >= 4 is 11.9 Å². The minimum atomic E-state index is -0.631. The van der Waals surface area contributed by atoms with Crippen molar-refractivity contribution in [3.05, 3.63) is 71.3 Å². The fraction of sp³-hybridized carbons (Fsp3) is 0.176. The molecule has 0 spiro atoms. The minimum absolute atomic E-state index is 0.0223. The van der Waals surface area contributed by atoms with Crippen LogP contribution in [0.25, 0.3) is 0 Å². The zero-order chi connectivity index (χ0) is 15.8. The fourth-order valence-corrected chi connectivity index (χ4v) is 1.93. The molecule has 0 atom stereocenters. The van der Waals surface area contributed by atoms with E-state index in [1.165, 1.54) is 0 Å². The van der Waals surface area contributed by atoms with Gasteiger partial charge in [0.2, 0.25) is 0 Å². The highest BCUT2D eigenvalue weighted by molar-refractivity contribution is 6.04. The van der Waals surface area contributed by atoms with E-state index in [0.717, 1.165) is 17.7 Å². The predicted molar refractivity (Wildman–Crippen MR) is 85.8 cm³/mol. The van der Waals surface area contributed by atoms with Gasteiger partial charge in [0, 0.05) is 12.1 Å². The Labute approximate surface area is 129 Å². The number of rotatable bonds is 5. The molecular formula is C17H19N3O2. The monoisotopic (exact) mass is 297 g/mol. The number of alkyl carbamates (subject to hydrolysis) is 1. The molecule has 2 rings (SSSR count). The summed E-state index contributed by atoms with van der Waals surface area (Å²) >= 11 is 0. The first-order valence-corrected chi connectivity index (χ1v) is 6.99. The number of hydrogen-bond donors (Lipinski definition) is 3. The highest BCUT2D eigenvalue weighted by Gasteiger charge is 2.08. The van der Waals surface area contributed by atoms with Gasteiger partial charge < -0.3 is 10.1 Å². The Morgan fingerprint density at radius 2 is 1.73 bits per heavy atom. The van der Waals surface area contributed by atoms with Gasteiger partial charge in [-0.2, -0.15) is 0 Å². The molecule has 2 aromatic rings. The molecule has 0 heterocycles. The quantitative estimate of drug-likeness (QED) is 0.587. The second kappa shape index (κ2) is 7.95. The average Bonchev–Trinajstić information content (AvgIpc) is 2.55. The molecule has 0 aliphatic rings. The average molecular weight is 297 g/mol. The third-order valence-corrected chi connectivity index (χ3v) is 3.06. The van der Waals surface area contributed by atoms with E-state index in [1.807, 2.05) is 49.5 Å². The van der Waals surface area contributed by atoms with Crippen LogP contribution in [0, 0.1) is 5.41 Å². The summed E-state index contributed by atoms with van der Waals surface area (Å²) in [5.41, 5.74) is 2.66. The molecule has 0 saturated heterocycles. The number of amidine groups is 1. The summed E-state index contributed by atoms with van der Waals surface area (Å²) in [6.07, 6.45) is -0.631. The summed E-state index contributed by atoms with van der Waals surface area (Å²) in [4.78, 5) is 11.7. The summed E-state index contributed by atoms with van der Waals surface area (Å²) in [6, 6.07) is 16.8. The van der Waals surface area contributed by atoms with Crippen LogP contribution in [0.15, 0.2) is 54.6 Å². The van der Waals surface area contributed by atoms with Crippen molar-refractivity contribution in [3.63, 3.8) is 0 Å². The number of benzene rings is 2. The van der Waals surface area contributed by atoms with E-state index in [1.54, 1.807) is 12.1 Å². The van der Waals surface area contributed by atoms with E-state index in [2.05, 4.69) is 10.6 Å². The molecule has 3 N–H and O–H groups in total. The standard InChI is InChI=1S/C17H19N3O2/c1-19-11-13-7-9-15(10-8-13)16(18)20-17(21)22-12-14-5-3-2-4-6-14/h2-10,19H,11-12H2,1H3,(H2,18,20,21). The Morgan fingerprint density at radius 1 is 1.05 bits per heavy atom. The predicted octanol–water partition coefficient (Wildman–Crippen LogP) is 2.66. The zero-order valence-electron chi connectivity index (χ0n) is 12.4. The molecule has 0 bridgehead atoms. The molecule has 22 heavy (non-hydrogen) atoms. The van der Waals surface area contributed by atoms with Gasteiger partial charge in [-0.15, -0.1) is 0 Å². The topological polar surface area (TPSA) is 74.2 Å². The van der Waals surface area contributed by atoms with Gasteiger partial charge in [0.15, 0.2) is 0 Å². The van der Waals surface area contributed by atoms with E-state index in [9.17, 15) is 4.79 Å². The normalized spacial score (nSPS) is 10.0. The van der Waals surface area contributed by atoms with E-state index in [4.69, 9.17) is 10.1 Å². The van der Waals surface area contributed by atoms with Crippen LogP contribution in [0.2, 0.25) is 0 Å². The molecular weight excluding hydrogens is 278 g/mol. The third-order valence-electron chi connectivity index (χ3n) is 3.06. The lowest BCUT2D eigenvalue weighted by Gasteiger charge is -2.09. The van der Waals surface area contributed by atoms with Crippen molar-refractivity contribution in [2.45, 2.75) is 13.2 Å². The second-order valence-electron chi connectivity index (χ2n) is 4.79.